The van der Waals surface area contributed by atoms with Crippen LogP contribution >= 0.6 is 0 Å². The molecular weight excluding hydrogens is 210 g/mol. The van der Waals surface area contributed by atoms with E-state index in [1.165, 1.54) is 11.1 Å². The summed E-state index contributed by atoms with van der Waals surface area (Å²) >= 11 is 0. The summed E-state index contributed by atoms with van der Waals surface area (Å²) in [5, 5.41) is 3.06. The second kappa shape index (κ2) is 6.06. The lowest BCUT2D eigenvalue weighted by molar-refractivity contribution is 0.318. The summed E-state index contributed by atoms with van der Waals surface area (Å²) in [6.45, 7) is 1.55. The van der Waals surface area contributed by atoms with E-state index >= 15 is 0 Å². The van der Waals surface area contributed by atoms with Gasteiger partial charge in [0.2, 0.25) is 0 Å². The normalized spacial score (nSPS) is 10.2. The maximum absolute atomic E-state index is 5.65. The molecule has 0 aliphatic rings. The Hall–Kier alpha value is -1.80. The number of likely N-dealkylation sites (N-methyl/N-ethyl adjacent to an activating group) is 1. The Morgan fingerprint density at radius 3 is 2.47 bits per heavy atom. The van der Waals surface area contributed by atoms with Crippen LogP contribution in [0.15, 0.2) is 54.6 Å². The van der Waals surface area contributed by atoms with Gasteiger partial charge in [0.25, 0.3) is 0 Å². The van der Waals surface area contributed by atoms with Crippen molar-refractivity contribution in [2.75, 3.05) is 20.2 Å². The second-order valence-corrected chi connectivity index (χ2v) is 3.85. The van der Waals surface area contributed by atoms with Gasteiger partial charge in [-0.3, -0.25) is 0 Å². The fraction of sp³-hybridized carbons (Fsp3) is 0.200. The third kappa shape index (κ3) is 3.33. The van der Waals surface area contributed by atoms with Gasteiger partial charge in [0.05, 0.1) is 0 Å². The Morgan fingerprint density at radius 2 is 1.71 bits per heavy atom. The summed E-state index contributed by atoms with van der Waals surface area (Å²) in [5.74, 6) is 0.918. The highest BCUT2D eigenvalue weighted by Crippen LogP contribution is 2.23. The summed E-state index contributed by atoms with van der Waals surface area (Å²) < 4.78 is 5.65. The molecule has 0 saturated carbocycles. The largest absolute Gasteiger partial charge is 0.492 e. The van der Waals surface area contributed by atoms with Crippen molar-refractivity contribution < 1.29 is 4.74 Å². The van der Waals surface area contributed by atoms with E-state index < -0.39 is 0 Å². The lowest BCUT2D eigenvalue weighted by Crippen LogP contribution is -2.15. The van der Waals surface area contributed by atoms with Gasteiger partial charge in [0.15, 0.2) is 0 Å². The average Bonchev–Trinajstić information content (AvgIpc) is 2.41. The molecule has 0 bridgehead atoms. The molecule has 2 heteroatoms. The van der Waals surface area contributed by atoms with Crippen LogP contribution in [-0.2, 0) is 0 Å². The van der Waals surface area contributed by atoms with Crippen LogP contribution in [0.4, 0.5) is 0 Å². The molecule has 2 aromatic carbocycles. The second-order valence-electron chi connectivity index (χ2n) is 3.85. The van der Waals surface area contributed by atoms with Crippen LogP contribution in [0.25, 0.3) is 11.1 Å². The molecule has 0 aliphatic carbocycles. The van der Waals surface area contributed by atoms with Crippen LogP contribution in [0.2, 0.25) is 0 Å². The highest BCUT2D eigenvalue weighted by molar-refractivity contribution is 5.64. The topological polar surface area (TPSA) is 21.3 Å². The molecule has 0 atom stereocenters. The monoisotopic (exact) mass is 227 g/mol. The van der Waals surface area contributed by atoms with Crippen molar-refractivity contribution >= 4 is 0 Å². The van der Waals surface area contributed by atoms with Gasteiger partial charge in [0.1, 0.15) is 12.4 Å². The SMILES string of the molecule is CNCCOc1cccc(-c2ccccc2)c1. The van der Waals surface area contributed by atoms with Crippen LogP contribution < -0.4 is 10.1 Å². The van der Waals surface area contributed by atoms with Crippen LogP contribution in [-0.4, -0.2) is 20.2 Å². The molecule has 2 rings (SSSR count). The molecule has 1 N–H and O–H groups in total. The van der Waals surface area contributed by atoms with Gasteiger partial charge in [-0.25, -0.2) is 0 Å². The fourth-order valence-electron chi connectivity index (χ4n) is 1.67. The van der Waals surface area contributed by atoms with E-state index in [4.69, 9.17) is 4.74 Å². The van der Waals surface area contributed by atoms with E-state index in [9.17, 15) is 0 Å². The Morgan fingerprint density at radius 1 is 0.941 bits per heavy atom. The lowest BCUT2D eigenvalue weighted by Gasteiger charge is -2.07. The molecule has 0 amide bonds. The molecule has 0 spiro atoms. The van der Waals surface area contributed by atoms with Crippen molar-refractivity contribution in [3.05, 3.63) is 54.6 Å². The van der Waals surface area contributed by atoms with Gasteiger partial charge in [-0.15, -0.1) is 0 Å². The van der Waals surface area contributed by atoms with Crippen molar-refractivity contribution in [3.8, 4) is 16.9 Å². The number of nitrogens with one attached hydrogen (secondary N) is 1. The number of ether oxygens (including phenoxy) is 1. The van der Waals surface area contributed by atoms with E-state index in [0.717, 1.165) is 12.3 Å². The molecular formula is C15H17NO. The molecule has 2 aromatic rings. The van der Waals surface area contributed by atoms with Crippen LogP contribution in [0.3, 0.4) is 0 Å². The van der Waals surface area contributed by atoms with Gasteiger partial charge < -0.3 is 10.1 Å². The van der Waals surface area contributed by atoms with Crippen LogP contribution in [0.5, 0.6) is 5.75 Å². The molecule has 88 valence electrons. The molecule has 17 heavy (non-hydrogen) atoms. The first-order valence-corrected chi connectivity index (χ1v) is 5.83. The number of hydrogen-bond acceptors (Lipinski definition) is 2. The molecule has 0 saturated heterocycles. The highest BCUT2D eigenvalue weighted by atomic mass is 16.5. The summed E-state index contributed by atoms with van der Waals surface area (Å²) in [6, 6.07) is 18.5. The molecule has 0 aliphatic heterocycles. The van der Waals surface area contributed by atoms with Gasteiger partial charge in [-0.2, -0.15) is 0 Å². The maximum Gasteiger partial charge on any atom is 0.119 e. The Balaban J connectivity index is 2.12. The van der Waals surface area contributed by atoms with Crippen molar-refractivity contribution in [2.45, 2.75) is 0 Å². The highest BCUT2D eigenvalue weighted by Gasteiger charge is 1.98. The smallest absolute Gasteiger partial charge is 0.119 e. The van der Waals surface area contributed by atoms with Gasteiger partial charge in [-0.05, 0) is 30.3 Å². The molecule has 2 nitrogen and oxygen atoms in total. The van der Waals surface area contributed by atoms with Crippen molar-refractivity contribution in [3.63, 3.8) is 0 Å². The minimum Gasteiger partial charge on any atom is -0.492 e. The van der Waals surface area contributed by atoms with E-state index in [1.807, 2.05) is 37.4 Å². The van der Waals surface area contributed by atoms with E-state index in [2.05, 4.69) is 29.6 Å². The third-order valence-corrected chi connectivity index (χ3v) is 2.56. The van der Waals surface area contributed by atoms with E-state index in [-0.39, 0.29) is 0 Å². The zero-order valence-corrected chi connectivity index (χ0v) is 10.0. The summed E-state index contributed by atoms with van der Waals surface area (Å²) in [7, 11) is 1.92. The molecule has 0 radical (unpaired) electrons. The van der Waals surface area contributed by atoms with E-state index in [1.54, 1.807) is 0 Å². The number of benzene rings is 2. The first kappa shape index (κ1) is 11.7. The van der Waals surface area contributed by atoms with Gasteiger partial charge >= 0.3 is 0 Å². The van der Waals surface area contributed by atoms with Crippen molar-refractivity contribution in [1.82, 2.24) is 5.32 Å². The first-order valence-electron chi connectivity index (χ1n) is 5.83. The van der Waals surface area contributed by atoms with Crippen molar-refractivity contribution in [1.29, 1.82) is 0 Å². The van der Waals surface area contributed by atoms with Crippen molar-refractivity contribution in [2.24, 2.45) is 0 Å². The molecule has 0 aromatic heterocycles. The minimum absolute atomic E-state index is 0.689. The molecule has 0 heterocycles. The summed E-state index contributed by atoms with van der Waals surface area (Å²) in [6.07, 6.45) is 0. The quantitative estimate of drug-likeness (QED) is 0.793. The maximum atomic E-state index is 5.65. The summed E-state index contributed by atoms with van der Waals surface area (Å²) in [5.41, 5.74) is 2.40. The Kier molecular flexibility index (Phi) is 4.17. The standard InChI is InChI=1S/C15H17NO/c1-16-10-11-17-15-9-5-8-14(12-15)13-6-3-2-4-7-13/h2-9,12,16H,10-11H2,1H3. The van der Waals surface area contributed by atoms with Crippen LogP contribution in [0, 0.1) is 0 Å². The molecule has 0 unspecified atom stereocenters. The lowest BCUT2D eigenvalue weighted by atomic mass is 10.1. The Labute approximate surface area is 102 Å². The zero-order valence-electron chi connectivity index (χ0n) is 10.0. The third-order valence-electron chi connectivity index (χ3n) is 2.56. The van der Waals surface area contributed by atoms with E-state index in [0.29, 0.717) is 6.61 Å². The van der Waals surface area contributed by atoms with Gasteiger partial charge in [-0.1, -0.05) is 42.5 Å². The Bertz CT molecular complexity index is 453. The van der Waals surface area contributed by atoms with Crippen LogP contribution in [0.1, 0.15) is 0 Å². The predicted octanol–water partition coefficient (Wildman–Crippen LogP) is 2.95. The number of hydrogen-bond donors (Lipinski definition) is 1. The molecule has 0 fully saturated rings. The van der Waals surface area contributed by atoms with Gasteiger partial charge in [0, 0.05) is 6.54 Å². The zero-order chi connectivity index (χ0) is 11.9. The minimum atomic E-state index is 0.689. The first-order chi connectivity index (χ1) is 8.40. The summed E-state index contributed by atoms with van der Waals surface area (Å²) in [4.78, 5) is 0. The predicted molar refractivity (Wildman–Crippen MR) is 71.3 cm³/mol. The number of rotatable bonds is 5. The average molecular weight is 227 g/mol. The fourth-order valence-corrected chi connectivity index (χ4v) is 1.67.